The highest BCUT2D eigenvalue weighted by Crippen LogP contribution is 2.19. The third kappa shape index (κ3) is 95.9. The van der Waals surface area contributed by atoms with Gasteiger partial charge < -0.3 is 155 Å². The van der Waals surface area contributed by atoms with Crippen LogP contribution < -0.4 is 54.0 Å². The van der Waals surface area contributed by atoms with Crippen LogP contribution in [-0.2, 0) is 119 Å². The number of hydrogen-bond acceptors (Lipinski definition) is 30. The molecule has 42 heteroatoms. The van der Waals surface area contributed by atoms with Gasteiger partial charge in [-0.3, -0.25) is 38.4 Å². The summed E-state index contributed by atoms with van der Waals surface area (Å²) in [5.74, 6) is -3.65. The van der Waals surface area contributed by atoms with Crippen LogP contribution in [0.1, 0.15) is 90.9 Å². The monoisotopic (exact) mass is 1640 g/mol. The SMILES string of the molecule is CNC(=O)COCCOCCOCCOCC(=O)NCCNCCNC(=O)CCCCC(C)=O.CNC(=O)COCCOCCOCCOCC(=O)NCC[N+]1(CCNC(=O)CCCCC(C)=O)CC(O)C1.ClCC1CO1.NCCNCCN.O=C(O)CCCCC(=O)O.O=C(O)COCCOCCOCCOCC(=O)O. The molecular formula is C70H135ClN11O30+. The molecular weight excluding hydrogens is 1510 g/mol. The van der Waals surface area contributed by atoms with Gasteiger partial charge in [0.05, 0.1) is 164 Å². The number of carboxylic acids is 4. The van der Waals surface area contributed by atoms with Gasteiger partial charge in [-0.05, 0) is 52.4 Å². The van der Waals surface area contributed by atoms with E-state index in [2.05, 4.69) is 42.5 Å². The first-order valence-electron chi connectivity index (χ1n) is 37.6. The summed E-state index contributed by atoms with van der Waals surface area (Å²) >= 11 is 5.27. The molecule has 0 aliphatic carbocycles. The number of amides is 6. The molecule has 0 aromatic heterocycles. The minimum Gasteiger partial charge on any atom is -0.481 e. The number of carbonyl (C=O) groups is 12. The molecule has 0 saturated carbocycles. The Balaban J connectivity index is -0.000000707. The highest BCUT2D eigenvalue weighted by Gasteiger charge is 2.42. The fourth-order valence-corrected chi connectivity index (χ4v) is 8.50. The number of Topliss-reactive ketones (excluding diaryl/α,β-unsaturated/α-hetero) is 2. The number of alkyl halides is 1. The maximum absolute atomic E-state index is 12.0. The Morgan fingerprint density at radius 1 is 0.366 bits per heavy atom. The lowest BCUT2D eigenvalue weighted by Gasteiger charge is -2.48. The van der Waals surface area contributed by atoms with E-state index < -0.39 is 23.9 Å². The van der Waals surface area contributed by atoms with Crippen LogP contribution in [-0.4, -0.2) is 390 Å². The Morgan fingerprint density at radius 3 is 0.902 bits per heavy atom. The Morgan fingerprint density at radius 2 is 0.634 bits per heavy atom. The molecule has 2 heterocycles. The van der Waals surface area contributed by atoms with Crippen molar-refractivity contribution in [2.45, 2.75) is 103 Å². The van der Waals surface area contributed by atoms with E-state index in [0.717, 1.165) is 32.5 Å². The number of carbonyl (C=O) groups excluding carboxylic acids is 8. The highest BCUT2D eigenvalue weighted by molar-refractivity contribution is 6.18. The van der Waals surface area contributed by atoms with Gasteiger partial charge in [0.15, 0.2) is 6.10 Å². The number of quaternary nitrogens is 1. The van der Waals surface area contributed by atoms with E-state index in [1.165, 1.54) is 0 Å². The molecule has 2 aliphatic heterocycles. The first-order chi connectivity index (χ1) is 53.8. The Kier molecular flexibility index (Phi) is 85.4. The third-order valence-electron chi connectivity index (χ3n) is 14.2. The van der Waals surface area contributed by atoms with Gasteiger partial charge in [-0.2, -0.15) is 0 Å². The number of nitrogens with one attached hydrogen (secondary N) is 8. The van der Waals surface area contributed by atoms with Crippen molar-refractivity contribution >= 4 is 82.5 Å². The number of nitrogens with zero attached hydrogens (tertiary/aromatic N) is 1. The number of likely N-dealkylation sites (N-methyl/N-ethyl adjacent to an activating group) is 2. The number of ether oxygens (including phenoxy) is 13. The second-order valence-corrected chi connectivity index (χ2v) is 24.6. The van der Waals surface area contributed by atoms with E-state index >= 15 is 0 Å². The molecule has 1 atom stereocenters. The normalized spacial score (nSPS) is 14.1. The van der Waals surface area contributed by atoms with E-state index in [1.54, 1.807) is 27.9 Å². The number of rotatable bonds is 71. The fraction of sp³-hybridized carbons (Fsp3) is 0.829. The molecule has 0 bridgehead atoms. The van der Waals surface area contributed by atoms with E-state index in [1.807, 2.05) is 0 Å². The molecule has 2 rings (SSSR count). The van der Waals surface area contributed by atoms with Gasteiger partial charge in [-0.15, -0.1) is 11.6 Å². The van der Waals surface area contributed by atoms with Crippen molar-refractivity contribution in [2.24, 2.45) is 11.5 Å². The van der Waals surface area contributed by atoms with E-state index in [4.69, 9.17) is 105 Å². The molecule has 0 aromatic rings. The summed E-state index contributed by atoms with van der Waals surface area (Å²) in [7, 11) is 3.09. The fourth-order valence-electron chi connectivity index (χ4n) is 8.32. The van der Waals surface area contributed by atoms with Gasteiger partial charge in [0.2, 0.25) is 35.4 Å². The van der Waals surface area contributed by atoms with Gasteiger partial charge in [0.25, 0.3) is 0 Å². The Labute approximate surface area is 663 Å². The molecule has 1 unspecified atom stereocenters. The molecule has 0 spiro atoms. The summed E-state index contributed by atoms with van der Waals surface area (Å²) in [4.78, 5) is 131. The molecule has 2 aliphatic rings. The number of aliphatic carboxylic acids is 4. The summed E-state index contributed by atoms with van der Waals surface area (Å²) < 4.78 is 67.1. The van der Waals surface area contributed by atoms with E-state index in [-0.39, 0.29) is 125 Å². The van der Waals surface area contributed by atoms with Crippen molar-refractivity contribution < 1.29 is 149 Å². The van der Waals surface area contributed by atoms with Crippen molar-refractivity contribution in [1.29, 1.82) is 0 Å². The van der Waals surface area contributed by atoms with E-state index in [0.29, 0.717) is 245 Å². The van der Waals surface area contributed by atoms with Crippen LogP contribution >= 0.6 is 11.6 Å². The van der Waals surface area contributed by atoms with E-state index in [9.17, 15) is 62.6 Å². The third-order valence-corrected chi connectivity index (χ3v) is 14.5. The number of carboxylic acid groups (broad SMARTS) is 4. The number of aliphatic hydroxyl groups is 1. The van der Waals surface area contributed by atoms with Crippen LogP contribution in [0.25, 0.3) is 0 Å². The second-order valence-electron chi connectivity index (χ2n) is 24.3. The van der Waals surface area contributed by atoms with Crippen molar-refractivity contribution in [3.8, 4) is 0 Å². The number of nitrogens with two attached hydrogens (primary N) is 2. The summed E-state index contributed by atoms with van der Waals surface area (Å²) in [5, 5.41) is 64.9. The van der Waals surface area contributed by atoms with Gasteiger partial charge in [-0.1, -0.05) is 0 Å². The molecule has 2 fully saturated rings. The van der Waals surface area contributed by atoms with Crippen LogP contribution in [0, 0.1) is 0 Å². The van der Waals surface area contributed by atoms with Crippen molar-refractivity contribution in [3.05, 3.63) is 0 Å². The van der Waals surface area contributed by atoms with Gasteiger partial charge in [0, 0.05) is 105 Å². The van der Waals surface area contributed by atoms with Crippen LogP contribution in [0.3, 0.4) is 0 Å². The summed E-state index contributed by atoms with van der Waals surface area (Å²) in [5.41, 5.74) is 10.3. The number of epoxide rings is 1. The number of aliphatic hydroxyl groups excluding tert-OH is 1. The molecule has 112 heavy (non-hydrogen) atoms. The smallest absolute Gasteiger partial charge is 0.329 e. The van der Waals surface area contributed by atoms with Crippen LogP contribution in [0.15, 0.2) is 0 Å². The molecule has 2 saturated heterocycles. The lowest BCUT2D eigenvalue weighted by Crippen LogP contribution is -2.69. The summed E-state index contributed by atoms with van der Waals surface area (Å²) in [6.07, 6.45) is 5.79. The first-order valence-corrected chi connectivity index (χ1v) is 38.1. The number of ketones is 2. The predicted molar refractivity (Wildman–Crippen MR) is 407 cm³/mol. The van der Waals surface area contributed by atoms with Gasteiger partial charge in [0.1, 0.15) is 64.3 Å². The highest BCUT2D eigenvalue weighted by atomic mass is 35.5. The minimum atomic E-state index is -1.01. The summed E-state index contributed by atoms with van der Waals surface area (Å²) in [6.45, 7) is 18.1. The second kappa shape index (κ2) is 85.5. The number of unbranched alkanes of at least 4 members (excludes halogenated alkanes) is 3. The van der Waals surface area contributed by atoms with Crippen molar-refractivity contribution in [1.82, 2.24) is 42.5 Å². The Bertz CT molecular complexity index is 2330. The molecule has 41 nitrogen and oxygen atoms in total. The lowest BCUT2D eigenvalue weighted by atomic mass is 10.1. The van der Waals surface area contributed by atoms with Gasteiger partial charge >= 0.3 is 23.9 Å². The molecule has 656 valence electrons. The number of likely N-dealkylation sites (tertiary alicyclic amines) is 1. The molecule has 0 aromatic carbocycles. The van der Waals surface area contributed by atoms with Crippen LogP contribution in [0.2, 0.25) is 0 Å². The topological polar surface area (TPSA) is 578 Å². The zero-order valence-corrected chi connectivity index (χ0v) is 67.1. The lowest BCUT2D eigenvalue weighted by molar-refractivity contribution is -0.970. The summed E-state index contributed by atoms with van der Waals surface area (Å²) in [6, 6.07) is 0. The van der Waals surface area contributed by atoms with Crippen LogP contribution in [0.4, 0.5) is 0 Å². The number of halogens is 1. The maximum atomic E-state index is 12.0. The van der Waals surface area contributed by atoms with Gasteiger partial charge in [-0.25, -0.2) is 9.59 Å². The quantitative estimate of drug-likeness (QED) is 0.0120. The molecule has 0 radical (unpaired) electrons. The predicted octanol–water partition coefficient (Wildman–Crippen LogP) is -3.80. The van der Waals surface area contributed by atoms with Crippen molar-refractivity contribution in [3.63, 3.8) is 0 Å². The van der Waals surface area contributed by atoms with Crippen molar-refractivity contribution in [2.75, 3.05) is 277 Å². The zero-order chi connectivity index (χ0) is 84.2. The first kappa shape index (κ1) is 112. The average Bonchev–Trinajstić information content (AvgIpc) is 1.03. The maximum Gasteiger partial charge on any atom is 0.329 e. The number of hydrogen-bond donors (Lipinski definition) is 15. The molecule has 17 N–H and O–H groups in total. The van der Waals surface area contributed by atoms with Crippen LogP contribution in [0.5, 0.6) is 0 Å². The average molecular weight is 1650 g/mol. The standard InChI is InChI=1S/C25H46N4O9.C22H42N4O8.C10H18O8.C6H10O4.C4H13N3.C3H5ClO/c1-21(30)5-3-4-6-23(32)27-7-9-29(17-22(31)18-29)10-8-28-25(34)20-38-16-14-36-12-11-35-13-15-37-19-24(33)26-2;1-19(27)5-3-4-6-20(28)25-9-7-24-8-10-26-22(30)18-34-16-14-32-12-11-31-13-15-33-17-21(29)23-2;11-9(12)7-17-5-3-15-1-2-16-4-6-18-8-10(13)14;7-5(8)3-1-2-4-6(9)10;5-1-3-7-4-2-6;4-1-3-2-5-3/h22,31H,3-20H2,1-2H3,(H2-,26,27,28,32,33,34);24H,3-18H2,1-2H3,(H,23,29)(H,25,28)(H,26,30);1-8H2,(H,11,12)(H,13,14);1-4H2,(H,7,8)(H,9,10);7H,1-6H2;3H,1-2H2/p+1. The Hall–Kier alpha value is -6.43. The largest absolute Gasteiger partial charge is 0.481 e. The minimum absolute atomic E-state index is 0.00943. The zero-order valence-electron chi connectivity index (χ0n) is 66.3. The molecule has 6 amide bonds.